The maximum absolute atomic E-state index is 5.73. The van der Waals surface area contributed by atoms with E-state index in [-0.39, 0.29) is 10.3 Å². The third-order valence-corrected chi connectivity index (χ3v) is 2.31. The molecule has 0 saturated carbocycles. The van der Waals surface area contributed by atoms with Crippen LogP contribution < -0.4 is 0 Å². The quantitative estimate of drug-likeness (QED) is 0.676. The van der Waals surface area contributed by atoms with Gasteiger partial charge in [-0.1, -0.05) is 23.2 Å². The van der Waals surface area contributed by atoms with Crippen LogP contribution in [0.3, 0.4) is 0 Å². The molecule has 0 aliphatic rings. The maximum atomic E-state index is 5.73. The van der Waals surface area contributed by atoms with Crippen molar-refractivity contribution in [3.63, 3.8) is 0 Å². The Morgan fingerprint density at radius 2 is 1.85 bits per heavy atom. The van der Waals surface area contributed by atoms with Gasteiger partial charge in [0, 0.05) is 6.20 Å². The molecular formula is C8H5Cl2N3. The van der Waals surface area contributed by atoms with E-state index >= 15 is 0 Å². The highest BCUT2D eigenvalue weighted by Gasteiger charge is 2.06. The highest BCUT2D eigenvalue weighted by molar-refractivity contribution is 6.40. The molecule has 0 fully saturated rings. The van der Waals surface area contributed by atoms with Crippen LogP contribution in [-0.4, -0.2) is 15.0 Å². The third-order valence-electron chi connectivity index (χ3n) is 1.69. The fourth-order valence-corrected chi connectivity index (χ4v) is 1.29. The summed E-state index contributed by atoms with van der Waals surface area (Å²) < 4.78 is 0. The minimum Gasteiger partial charge on any atom is -0.235 e. The molecule has 0 aliphatic carbocycles. The largest absolute Gasteiger partial charge is 0.235 e. The molecule has 0 atom stereocenters. The van der Waals surface area contributed by atoms with E-state index in [2.05, 4.69) is 15.0 Å². The van der Waals surface area contributed by atoms with Crippen molar-refractivity contribution < 1.29 is 0 Å². The first-order valence-electron chi connectivity index (χ1n) is 3.63. The van der Waals surface area contributed by atoms with Gasteiger partial charge in [0.1, 0.15) is 5.52 Å². The summed E-state index contributed by atoms with van der Waals surface area (Å²) in [6.45, 7) is 1.92. The Labute approximate surface area is 84.7 Å². The highest BCUT2D eigenvalue weighted by Crippen LogP contribution is 2.21. The summed E-state index contributed by atoms with van der Waals surface area (Å²) in [7, 11) is 0. The molecule has 13 heavy (non-hydrogen) atoms. The minimum absolute atomic E-state index is 0.187. The van der Waals surface area contributed by atoms with Crippen molar-refractivity contribution in [1.82, 2.24) is 15.0 Å². The number of rotatable bonds is 0. The smallest absolute Gasteiger partial charge is 0.180 e. The number of aromatic nitrogens is 3. The topological polar surface area (TPSA) is 38.7 Å². The van der Waals surface area contributed by atoms with Gasteiger partial charge in [-0.2, -0.15) is 0 Å². The number of hydrogen-bond donors (Lipinski definition) is 0. The predicted molar refractivity (Wildman–Crippen MR) is 52.1 cm³/mol. The molecule has 0 aliphatic heterocycles. The summed E-state index contributed by atoms with van der Waals surface area (Å²) in [4.78, 5) is 12.1. The van der Waals surface area contributed by atoms with E-state index in [9.17, 15) is 0 Å². The maximum Gasteiger partial charge on any atom is 0.180 e. The van der Waals surface area contributed by atoms with Crippen molar-refractivity contribution in [3.8, 4) is 0 Å². The first-order valence-corrected chi connectivity index (χ1v) is 4.38. The standard InChI is InChI=1S/C8H5Cl2N3/c1-4-2-3-11-8-5(4)12-6(9)7(10)13-8/h2-3H,1H3. The van der Waals surface area contributed by atoms with E-state index in [4.69, 9.17) is 23.2 Å². The molecule has 0 saturated heterocycles. The summed E-state index contributed by atoms with van der Waals surface area (Å²) in [5.74, 6) is 0. The minimum atomic E-state index is 0.187. The molecule has 66 valence electrons. The van der Waals surface area contributed by atoms with Crippen LogP contribution >= 0.6 is 23.2 Å². The van der Waals surface area contributed by atoms with E-state index in [0.29, 0.717) is 11.2 Å². The molecule has 0 spiro atoms. The van der Waals surface area contributed by atoms with E-state index in [1.807, 2.05) is 13.0 Å². The second kappa shape index (κ2) is 3.09. The van der Waals surface area contributed by atoms with Gasteiger partial charge in [0.15, 0.2) is 16.0 Å². The lowest BCUT2D eigenvalue weighted by atomic mass is 10.3. The van der Waals surface area contributed by atoms with E-state index in [1.54, 1.807) is 6.20 Å². The molecule has 0 amide bonds. The SMILES string of the molecule is Cc1ccnc2nc(Cl)c(Cl)nc12. The summed E-state index contributed by atoms with van der Waals surface area (Å²) in [5.41, 5.74) is 2.20. The lowest BCUT2D eigenvalue weighted by molar-refractivity contribution is 1.20. The van der Waals surface area contributed by atoms with Crippen LogP contribution in [0.4, 0.5) is 0 Å². The summed E-state index contributed by atoms with van der Waals surface area (Å²) in [6, 6.07) is 1.85. The van der Waals surface area contributed by atoms with Crippen molar-refractivity contribution in [2.24, 2.45) is 0 Å². The van der Waals surface area contributed by atoms with E-state index in [1.165, 1.54) is 0 Å². The zero-order valence-corrected chi connectivity index (χ0v) is 8.26. The van der Waals surface area contributed by atoms with Crippen molar-refractivity contribution in [2.75, 3.05) is 0 Å². The molecule has 0 bridgehead atoms. The zero-order chi connectivity index (χ0) is 9.42. The van der Waals surface area contributed by atoms with Crippen LogP contribution in [0.15, 0.2) is 12.3 Å². The van der Waals surface area contributed by atoms with E-state index < -0.39 is 0 Å². The van der Waals surface area contributed by atoms with Crippen LogP contribution in [0.25, 0.3) is 11.2 Å². The number of aryl methyl sites for hydroxylation is 1. The first kappa shape index (κ1) is 8.66. The lowest BCUT2D eigenvalue weighted by Gasteiger charge is -2.00. The molecule has 0 N–H and O–H groups in total. The molecule has 0 aromatic carbocycles. The zero-order valence-electron chi connectivity index (χ0n) is 6.75. The Hall–Kier alpha value is -0.930. The molecular weight excluding hydrogens is 209 g/mol. The van der Waals surface area contributed by atoms with Gasteiger partial charge in [-0.15, -0.1) is 0 Å². The van der Waals surface area contributed by atoms with Crippen molar-refractivity contribution in [3.05, 3.63) is 28.1 Å². The van der Waals surface area contributed by atoms with Crippen LogP contribution in [-0.2, 0) is 0 Å². The van der Waals surface area contributed by atoms with Crippen LogP contribution in [0.1, 0.15) is 5.56 Å². The average Bonchev–Trinajstić information content (AvgIpc) is 2.09. The molecule has 2 rings (SSSR count). The van der Waals surface area contributed by atoms with Crippen LogP contribution in [0, 0.1) is 6.92 Å². The summed E-state index contributed by atoms with van der Waals surface area (Å²) >= 11 is 11.4. The van der Waals surface area contributed by atoms with Gasteiger partial charge in [0.05, 0.1) is 0 Å². The molecule has 2 aromatic rings. The number of hydrogen-bond acceptors (Lipinski definition) is 3. The number of fused-ring (bicyclic) bond motifs is 1. The fraction of sp³-hybridized carbons (Fsp3) is 0.125. The second-order valence-corrected chi connectivity index (χ2v) is 3.32. The van der Waals surface area contributed by atoms with Crippen molar-refractivity contribution in [1.29, 1.82) is 0 Å². The highest BCUT2D eigenvalue weighted by atomic mass is 35.5. The Balaban J connectivity index is 2.89. The monoisotopic (exact) mass is 213 g/mol. The Morgan fingerprint density at radius 1 is 1.15 bits per heavy atom. The number of nitrogens with zero attached hydrogens (tertiary/aromatic N) is 3. The van der Waals surface area contributed by atoms with Gasteiger partial charge in [0.2, 0.25) is 0 Å². The third kappa shape index (κ3) is 1.45. The van der Waals surface area contributed by atoms with Gasteiger partial charge in [-0.25, -0.2) is 15.0 Å². The van der Waals surface area contributed by atoms with E-state index in [0.717, 1.165) is 5.56 Å². The summed E-state index contributed by atoms with van der Waals surface area (Å²) in [6.07, 6.45) is 1.66. The van der Waals surface area contributed by atoms with Gasteiger partial charge >= 0.3 is 0 Å². The number of pyridine rings is 1. The van der Waals surface area contributed by atoms with Gasteiger partial charge in [-0.3, -0.25) is 0 Å². The predicted octanol–water partition coefficient (Wildman–Crippen LogP) is 2.64. The molecule has 2 heterocycles. The Bertz CT molecular complexity index is 470. The van der Waals surface area contributed by atoms with Crippen molar-refractivity contribution in [2.45, 2.75) is 6.92 Å². The van der Waals surface area contributed by atoms with Crippen LogP contribution in [0.2, 0.25) is 10.3 Å². The van der Waals surface area contributed by atoms with Crippen molar-refractivity contribution >= 4 is 34.4 Å². The van der Waals surface area contributed by atoms with Gasteiger partial charge in [0.25, 0.3) is 0 Å². The fourth-order valence-electron chi connectivity index (χ4n) is 1.04. The number of halogens is 2. The Morgan fingerprint density at radius 3 is 2.62 bits per heavy atom. The molecule has 5 heteroatoms. The molecule has 3 nitrogen and oxygen atoms in total. The molecule has 0 radical (unpaired) electrons. The average molecular weight is 214 g/mol. The summed E-state index contributed by atoms with van der Waals surface area (Å²) in [5, 5.41) is 0.400. The first-order chi connectivity index (χ1) is 6.18. The lowest BCUT2D eigenvalue weighted by Crippen LogP contribution is -1.91. The second-order valence-electron chi connectivity index (χ2n) is 2.61. The molecule has 2 aromatic heterocycles. The van der Waals surface area contributed by atoms with Gasteiger partial charge in [-0.05, 0) is 18.6 Å². The van der Waals surface area contributed by atoms with Crippen LogP contribution in [0.5, 0.6) is 0 Å². The normalized spacial score (nSPS) is 10.7. The van der Waals surface area contributed by atoms with Gasteiger partial charge < -0.3 is 0 Å². The molecule has 0 unspecified atom stereocenters. The Kier molecular flexibility index (Phi) is 2.06.